The first-order valence-corrected chi connectivity index (χ1v) is 9.61. The van der Waals surface area contributed by atoms with Crippen LogP contribution in [0.3, 0.4) is 0 Å². The van der Waals surface area contributed by atoms with Crippen LogP contribution in [0.5, 0.6) is 11.5 Å². The number of ether oxygens (including phenoxy) is 4. The lowest BCUT2D eigenvalue weighted by atomic mass is 10.1. The van der Waals surface area contributed by atoms with Crippen LogP contribution in [0, 0.1) is 0 Å². The average molecular weight is 468 g/mol. The molecule has 1 saturated heterocycles. The highest BCUT2D eigenvalue weighted by Crippen LogP contribution is 2.34. The molecule has 0 N–H and O–H groups in total. The van der Waals surface area contributed by atoms with Gasteiger partial charge in [0.25, 0.3) is 0 Å². The number of methoxy groups -OCH3 is 1. The Kier molecular flexibility index (Phi) is 7.31. The molecule has 28 heavy (non-hydrogen) atoms. The fourth-order valence-corrected chi connectivity index (χ4v) is 3.78. The number of benzene rings is 2. The van der Waals surface area contributed by atoms with Gasteiger partial charge < -0.3 is 18.9 Å². The van der Waals surface area contributed by atoms with Crippen molar-refractivity contribution in [2.45, 2.75) is 18.5 Å². The Morgan fingerprint density at radius 1 is 0.929 bits per heavy atom. The molecule has 0 aromatic heterocycles. The van der Waals surface area contributed by atoms with Gasteiger partial charge in [-0.3, -0.25) is 0 Å². The van der Waals surface area contributed by atoms with E-state index in [0.717, 1.165) is 0 Å². The van der Waals surface area contributed by atoms with Gasteiger partial charge in [0.05, 0.1) is 11.9 Å². The van der Waals surface area contributed by atoms with E-state index in [2.05, 4.69) is 0 Å². The molecule has 0 spiro atoms. The van der Waals surface area contributed by atoms with Gasteiger partial charge in [-0.1, -0.05) is 46.4 Å². The monoisotopic (exact) mass is 466 g/mol. The first-order valence-electron chi connectivity index (χ1n) is 8.09. The lowest BCUT2D eigenvalue weighted by Crippen LogP contribution is -2.33. The summed E-state index contributed by atoms with van der Waals surface area (Å²) < 4.78 is 36.1. The summed E-state index contributed by atoms with van der Waals surface area (Å²) in [4.78, 5) is 0. The van der Waals surface area contributed by atoms with Gasteiger partial charge in [0, 0.05) is 27.2 Å². The van der Waals surface area contributed by atoms with Gasteiger partial charge in [-0.25, -0.2) is 4.39 Å². The quantitative estimate of drug-likeness (QED) is 0.495. The predicted octanol–water partition coefficient (Wildman–Crippen LogP) is 6.35. The van der Waals surface area contributed by atoms with E-state index >= 15 is 0 Å². The summed E-state index contributed by atoms with van der Waals surface area (Å²) in [6.07, 6.45) is -2.01. The SMILES string of the molecule is COC1OC(COc2cc(Cl)cc(Cl)c2)C(Oc2cc(Cl)cc(Cl)c2)/C1=C\F. The molecule has 2 aromatic carbocycles. The highest BCUT2D eigenvalue weighted by Gasteiger charge is 2.43. The summed E-state index contributed by atoms with van der Waals surface area (Å²) in [6, 6.07) is 9.50. The number of hydrogen-bond acceptors (Lipinski definition) is 4. The summed E-state index contributed by atoms with van der Waals surface area (Å²) in [6.45, 7) is 0.0346. The molecule has 9 heteroatoms. The van der Waals surface area contributed by atoms with Gasteiger partial charge in [-0.2, -0.15) is 0 Å². The van der Waals surface area contributed by atoms with Gasteiger partial charge in [-0.15, -0.1) is 0 Å². The molecular formula is C19H15Cl4FO4. The average Bonchev–Trinajstić information content (AvgIpc) is 2.95. The fourth-order valence-electron chi connectivity index (χ4n) is 2.77. The van der Waals surface area contributed by atoms with E-state index in [9.17, 15) is 4.39 Å². The van der Waals surface area contributed by atoms with E-state index in [1.54, 1.807) is 36.4 Å². The van der Waals surface area contributed by atoms with Gasteiger partial charge in [-0.05, 0) is 36.4 Å². The Balaban J connectivity index is 1.80. The molecule has 4 nitrogen and oxygen atoms in total. The minimum absolute atomic E-state index is 0.0346. The van der Waals surface area contributed by atoms with Crippen molar-refractivity contribution in [3.8, 4) is 11.5 Å². The Morgan fingerprint density at radius 2 is 1.46 bits per heavy atom. The Morgan fingerprint density at radius 3 is 1.96 bits per heavy atom. The molecule has 0 radical (unpaired) electrons. The maximum Gasteiger partial charge on any atom is 0.186 e. The molecule has 3 unspecified atom stereocenters. The zero-order chi connectivity index (χ0) is 20.3. The lowest BCUT2D eigenvalue weighted by molar-refractivity contribution is -0.115. The van der Waals surface area contributed by atoms with Crippen LogP contribution < -0.4 is 9.47 Å². The van der Waals surface area contributed by atoms with Crippen molar-refractivity contribution in [3.63, 3.8) is 0 Å². The molecule has 2 aromatic rings. The zero-order valence-electron chi connectivity index (χ0n) is 14.5. The van der Waals surface area contributed by atoms with Gasteiger partial charge in [0.1, 0.15) is 24.2 Å². The van der Waals surface area contributed by atoms with Crippen LogP contribution >= 0.6 is 46.4 Å². The van der Waals surface area contributed by atoms with Crippen LogP contribution in [0.4, 0.5) is 4.39 Å². The van der Waals surface area contributed by atoms with Crippen LogP contribution in [0.15, 0.2) is 48.3 Å². The van der Waals surface area contributed by atoms with Crippen LogP contribution in [-0.4, -0.2) is 32.2 Å². The van der Waals surface area contributed by atoms with E-state index < -0.39 is 18.5 Å². The fraction of sp³-hybridized carbons (Fsp3) is 0.263. The third-order valence-electron chi connectivity index (χ3n) is 3.93. The van der Waals surface area contributed by atoms with E-state index in [1.807, 2.05) is 0 Å². The summed E-state index contributed by atoms with van der Waals surface area (Å²) in [5, 5.41) is 1.62. The molecule has 1 aliphatic rings. The molecule has 3 rings (SSSR count). The molecular weight excluding hydrogens is 453 g/mol. The minimum Gasteiger partial charge on any atom is -0.491 e. The zero-order valence-corrected chi connectivity index (χ0v) is 17.5. The molecule has 1 fully saturated rings. The van der Waals surface area contributed by atoms with Crippen LogP contribution in [0.25, 0.3) is 0 Å². The summed E-state index contributed by atoms with van der Waals surface area (Å²) in [5.41, 5.74) is 0.177. The molecule has 3 atom stereocenters. The van der Waals surface area contributed by atoms with Crippen LogP contribution in [0.2, 0.25) is 20.1 Å². The van der Waals surface area contributed by atoms with E-state index in [1.165, 1.54) is 7.11 Å². The third kappa shape index (κ3) is 5.23. The normalized spacial score (nSPS) is 23.2. The van der Waals surface area contributed by atoms with Crippen molar-refractivity contribution in [2.75, 3.05) is 13.7 Å². The molecule has 1 heterocycles. The van der Waals surface area contributed by atoms with E-state index in [-0.39, 0.29) is 12.2 Å². The number of halogens is 5. The maximum atomic E-state index is 13.6. The van der Waals surface area contributed by atoms with Crippen molar-refractivity contribution >= 4 is 46.4 Å². The predicted molar refractivity (Wildman–Crippen MR) is 108 cm³/mol. The Bertz CT molecular complexity index is 837. The highest BCUT2D eigenvalue weighted by molar-refractivity contribution is 6.35. The molecule has 0 amide bonds. The van der Waals surface area contributed by atoms with E-state index in [0.29, 0.717) is 37.9 Å². The molecule has 0 bridgehead atoms. The number of hydrogen-bond donors (Lipinski definition) is 0. The minimum atomic E-state index is -0.916. The van der Waals surface area contributed by atoms with Gasteiger partial charge in [0.15, 0.2) is 12.4 Å². The summed E-state index contributed by atoms with van der Waals surface area (Å²) >= 11 is 24.0. The number of rotatable bonds is 6. The maximum absolute atomic E-state index is 13.6. The van der Waals surface area contributed by atoms with Crippen LogP contribution in [0.1, 0.15) is 0 Å². The van der Waals surface area contributed by atoms with Gasteiger partial charge in [0.2, 0.25) is 0 Å². The molecule has 1 aliphatic heterocycles. The van der Waals surface area contributed by atoms with Crippen molar-refractivity contribution in [3.05, 3.63) is 68.4 Å². The first-order chi connectivity index (χ1) is 13.4. The Labute approximate surface area is 181 Å². The largest absolute Gasteiger partial charge is 0.491 e. The molecule has 150 valence electrons. The molecule has 0 aliphatic carbocycles. The standard InChI is InChI=1S/C19H15Cl4FO4/c1-25-19-16(8-24)18(27-15-6-12(22)3-13(23)7-15)17(28-19)9-26-14-4-10(20)2-11(21)5-14/h2-8,17-19H,9H2,1H3/b16-8+. The van der Waals surface area contributed by atoms with Crippen molar-refractivity contribution in [1.82, 2.24) is 0 Å². The van der Waals surface area contributed by atoms with Gasteiger partial charge >= 0.3 is 0 Å². The smallest absolute Gasteiger partial charge is 0.186 e. The highest BCUT2D eigenvalue weighted by atomic mass is 35.5. The van der Waals surface area contributed by atoms with Crippen molar-refractivity contribution in [1.29, 1.82) is 0 Å². The Hall–Kier alpha value is -1.21. The molecule has 0 saturated carbocycles. The summed E-state index contributed by atoms with van der Waals surface area (Å²) in [5.74, 6) is 0.801. The van der Waals surface area contributed by atoms with Crippen LogP contribution in [-0.2, 0) is 9.47 Å². The second-order valence-corrected chi connectivity index (χ2v) is 7.66. The lowest BCUT2D eigenvalue weighted by Gasteiger charge is -2.21. The van der Waals surface area contributed by atoms with Crippen molar-refractivity contribution < 1.29 is 23.3 Å². The second-order valence-electron chi connectivity index (χ2n) is 5.91. The third-order valence-corrected chi connectivity index (χ3v) is 4.80. The summed E-state index contributed by atoms with van der Waals surface area (Å²) in [7, 11) is 1.40. The van der Waals surface area contributed by atoms with Crippen molar-refractivity contribution in [2.24, 2.45) is 0 Å². The first kappa shape index (κ1) is 21.5. The topological polar surface area (TPSA) is 36.9 Å². The van der Waals surface area contributed by atoms with E-state index in [4.69, 9.17) is 65.4 Å². The second kappa shape index (κ2) is 9.53.